The summed E-state index contributed by atoms with van der Waals surface area (Å²) in [5, 5.41) is 15.1. The topological polar surface area (TPSA) is 65.8 Å². The monoisotopic (exact) mass is 385 g/mol. The largest absolute Gasteiger partial charge is 0.325 e. The van der Waals surface area contributed by atoms with Crippen LogP contribution in [0.1, 0.15) is 5.56 Å². The molecule has 124 valence electrons. The maximum Gasteiger partial charge on any atom is 0.234 e. The number of aromatic nitrogens is 1. The summed E-state index contributed by atoms with van der Waals surface area (Å²) < 4.78 is 0. The molecule has 3 rings (SSSR count). The van der Waals surface area contributed by atoms with E-state index in [-0.39, 0.29) is 11.7 Å². The number of thioether (sulfide) groups is 1. The van der Waals surface area contributed by atoms with Crippen LogP contribution >= 0.6 is 34.7 Å². The molecule has 1 aromatic carbocycles. The quantitative estimate of drug-likeness (QED) is 0.623. The number of thiophene rings is 1. The van der Waals surface area contributed by atoms with Crippen LogP contribution < -0.4 is 5.32 Å². The average Bonchev–Trinajstić information content (AvgIpc) is 3.14. The first-order valence-electron chi connectivity index (χ1n) is 7.29. The molecule has 0 aliphatic rings. The molecular formula is C18H12ClN3OS2. The average molecular weight is 386 g/mol. The molecule has 0 atom stereocenters. The number of nitrogens with one attached hydrogen (secondary N) is 1. The predicted octanol–water partition coefficient (Wildman–Crippen LogP) is 5.07. The Balaban J connectivity index is 1.70. The van der Waals surface area contributed by atoms with Crippen LogP contribution in [-0.2, 0) is 4.79 Å². The van der Waals surface area contributed by atoms with Crippen LogP contribution in [0.5, 0.6) is 0 Å². The van der Waals surface area contributed by atoms with Crippen LogP contribution in [-0.4, -0.2) is 16.6 Å². The van der Waals surface area contributed by atoms with Gasteiger partial charge in [-0.25, -0.2) is 4.98 Å². The number of halogens is 1. The Morgan fingerprint density at radius 2 is 2.16 bits per heavy atom. The number of hydrogen-bond acceptors (Lipinski definition) is 5. The summed E-state index contributed by atoms with van der Waals surface area (Å²) in [6.07, 6.45) is 0. The number of carbonyl (C=O) groups excluding carboxylic acids is 1. The minimum atomic E-state index is -0.181. The fourth-order valence-corrected chi connectivity index (χ4v) is 3.75. The number of rotatable bonds is 5. The van der Waals surface area contributed by atoms with E-state index in [0.29, 0.717) is 21.3 Å². The summed E-state index contributed by atoms with van der Waals surface area (Å²) in [5.41, 5.74) is 1.89. The summed E-state index contributed by atoms with van der Waals surface area (Å²) >= 11 is 8.73. The van der Waals surface area contributed by atoms with Gasteiger partial charge in [0.15, 0.2) is 0 Å². The molecule has 0 radical (unpaired) electrons. The van der Waals surface area contributed by atoms with E-state index in [0.717, 1.165) is 10.6 Å². The van der Waals surface area contributed by atoms with Crippen molar-refractivity contribution >= 4 is 46.3 Å². The van der Waals surface area contributed by atoms with Gasteiger partial charge in [-0.2, -0.15) is 5.26 Å². The second kappa shape index (κ2) is 8.17. The molecule has 1 N–H and O–H groups in total. The third-order valence-corrected chi connectivity index (χ3v) is 5.32. The molecule has 0 aliphatic heterocycles. The van der Waals surface area contributed by atoms with Gasteiger partial charge in [0.05, 0.1) is 21.9 Å². The molecule has 25 heavy (non-hydrogen) atoms. The fourth-order valence-electron chi connectivity index (χ4n) is 2.09. The molecule has 2 aromatic heterocycles. The number of benzene rings is 1. The van der Waals surface area contributed by atoms with E-state index in [1.807, 2.05) is 23.6 Å². The zero-order valence-electron chi connectivity index (χ0n) is 12.9. The highest BCUT2D eigenvalue weighted by Gasteiger charge is 2.11. The van der Waals surface area contributed by atoms with Crippen molar-refractivity contribution in [2.75, 3.05) is 11.1 Å². The zero-order valence-corrected chi connectivity index (χ0v) is 15.3. The van der Waals surface area contributed by atoms with Crippen LogP contribution in [0.3, 0.4) is 0 Å². The zero-order chi connectivity index (χ0) is 17.6. The molecule has 0 aliphatic carbocycles. The highest BCUT2D eigenvalue weighted by atomic mass is 35.5. The molecule has 4 nitrogen and oxygen atoms in total. The number of carbonyl (C=O) groups is 1. The first-order chi connectivity index (χ1) is 12.2. The van der Waals surface area contributed by atoms with Crippen LogP contribution in [0, 0.1) is 11.3 Å². The smallest absolute Gasteiger partial charge is 0.234 e. The second-order valence-electron chi connectivity index (χ2n) is 4.99. The Kier molecular flexibility index (Phi) is 5.71. The fraction of sp³-hybridized carbons (Fsp3) is 0.0556. The van der Waals surface area contributed by atoms with Crippen molar-refractivity contribution in [1.29, 1.82) is 5.26 Å². The Morgan fingerprint density at radius 1 is 1.28 bits per heavy atom. The van der Waals surface area contributed by atoms with Gasteiger partial charge in [0, 0.05) is 10.7 Å². The molecular weight excluding hydrogens is 374 g/mol. The summed E-state index contributed by atoms with van der Waals surface area (Å²) in [4.78, 5) is 17.7. The van der Waals surface area contributed by atoms with Crippen LogP contribution in [0.25, 0.3) is 10.6 Å². The number of pyridine rings is 1. The molecule has 0 saturated carbocycles. The minimum Gasteiger partial charge on any atom is -0.325 e. The SMILES string of the molecule is N#Cc1ccc(-c2cccs2)nc1SCC(=O)Nc1cccc(Cl)c1. The highest BCUT2D eigenvalue weighted by molar-refractivity contribution is 8.00. The normalized spacial score (nSPS) is 10.2. The van der Waals surface area contributed by atoms with E-state index in [4.69, 9.17) is 11.6 Å². The Bertz CT molecular complexity index is 936. The van der Waals surface area contributed by atoms with Gasteiger partial charge in [-0.15, -0.1) is 11.3 Å². The minimum absolute atomic E-state index is 0.155. The Labute approximate surface area is 158 Å². The predicted molar refractivity (Wildman–Crippen MR) is 103 cm³/mol. The maximum absolute atomic E-state index is 12.1. The number of hydrogen-bond donors (Lipinski definition) is 1. The lowest BCUT2D eigenvalue weighted by Gasteiger charge is -2.07. The summed E-state index contributed by atoms with van der Waals surface area (Å²) in [7, 11) is 0. The molecule has 3 aromatic rings. The van der Waals surface area contributed by atoms with Crippen molar-refractivity contribution in [2.45, 2.75) is 5.03 Å². The van der Waals surface area contributed by atoms with Crippen molar-refractivity contribution < 1.29 is 4.79 Å². The molecule has 2 heterocycles. The van der Waals surface area contributed by atoms with Crippen molar-refractivity contribution in [3.8, 4) is 16.6 Å². The van der Waals surface area contributed by atoms with Gasteiger partial charge in [0.1, 0.15) is 11.1 Å². The van der Waals surface area contributed by atoms with Crippen molar-refractivity contribution in [3.05, 3.63) is 64.5 Å². The van der Waals surface area contributed by atoms with Gasteiger partial charge >= 0.3 is 0 Å². The van der Waals surface area contributed by atoms with E-state index in [1.54, 1.807) is 41.7 Å². The molecule has 0 bridgehead atoms. The van der Waals surface area contributed by atoms with Crippen LogP contribution in [0.2, 0.25) is 5.02 Å². The van der Waals surface area contributed by atoms with E-state index >= 15 is 0 Å². The van der Waals surface area contributed by atoms with Gasteiger partial charge in [-0.3, -0.25) is 4.79 Å². The number of amides is 1. The number of nitrogens with zero attached hydrogens (tertiary/aromatic N) is 2. The Morgan fingerprint density at radius 3 is 2.88 bits per heavy atom. The lowest BCUT2D eigenvalue weighted by molar-refractivity contribution is -0.113. The summed E-state index contributed by atoms with van der Waals surface area (Å²) in [6.45, 7) is 0. The van der Waals surface area contributed by atoms with Gasteiger partial charge in [-0.05, 0) is 41.8 Å². The van der Waals surface area contributed by atoms with Crippen LogP contribution in [0.15, 0.2) is 58.9 Å². The third-order valence-electron chi connectivity index (χ3n) is 3.20. The van der Waals surface area contributed by atoms with Gasteiger partial charge in [0.2, 0.25) is 5.91 Å². The summed E-state index contributed by atoms with van der Waals surface area (Å²) in [6, 6.07) is 16.6. The third kappa shape index (κ3) is 4.60. The molecule has 1 amide bonds. The lowest BCUT2D eigenvalue weighted by atomic mass is 10.2. The number of anilines is 1. The first kappa shape index (κ1) is 17.5. The first-order valence-corrected chi connectivity index (χ1v) is 9.53. The standard InChI is InChI=1S/C18H12ClN3OS2/c19-13-3-1-4-14(9-13)21-17(23)11-25-18-12(10-20)6-7-15(22-18)16-5-2-8-24-16/h1-9H,11H2,(H,21,23). The van der Waals surface area contributed by atoms with E-state index < -0.39 is 0 Å². The van der Waals surface area contributed by atoms with E-state index in [9.17, 15) is 10.1 Å². The van der Waals surface area contributed by atoms with E-state index in [2.05, 4.69) is 16.4 Å². The lowest BCUT2D eigenvalue weighted by Crippen LogP contribution is -2.14. The summed E-state index contributed by atoms with van der Waals surface area (Å²) in [5.74, 6) is -0.0262. The highest BCUT2D eigenvalue weighted by Crippen LogP contribution is 2.28. The van der Waals surface area contributed by atoms with Gasteiger partial charge < -0.3 is 5.32 Å². The van der Waals surface area contributed by atoms with Gasteiger partial charge in [0.25, 0.3) is 0 Å². The molecule has 0 fully saturated rings. The molecule has 0 saturated heterocycles. The number of nitriles is 1. The van der Waals surface area contributed by atoms with Gasteiger partial charge in [-0.1, -0.05) is 35.5 Å². The Hall–Kier alpha value is -2.33. The second-order valence-corrected chi connectivity index (χ2v) is 7.33. The van der Waals surface area contributed by atoms with Crippen LogP contribution in [0.4, 0.5) is 5.69 Å². The van der Waals surface area contributed by atoms with E-state index in [1.165, 1.54) is 11.8 Å². The molecule has 0 unspecified atom stereocenters. The van der Waals surface area contributed by atoms with Crippen molar-refractivity contribution in [1.82, 2.24) is 4.98 Å². The molecule has 7 heteroatoms. The van der Waals surface area contributed by atoms with Crippen molar-refractivity contribution in [2.24, 2.45) is 0 Å². The maximum atomic E-state index is 12.1. The molecule has 0 spiro atoms. The van der Waals surface area contributed by atoms with Crippen molar-refractivity contribution in [3.63, 3.8) is 0 Å².